The molecule has 0 spiro atoms. The van der Waals surface area contributed by atoms with Crippen LogP contribution in [0.2, 0.25) is 0 Å². The molecule has 0 bridgehead atoms. The Morgan fingerprint density at radius 3 is 2.40 bits per heavy atom. The van der Waals surface area contributed by atoms with Gasteiger partial charge in [0.2, 0.25) is 5.91 Å². The lowest BCUT2D eigenvalue weighted by Gasteiger charge is -2.29. The van der Waals surface area contributed by atoms with Crippen molar-refractivity contribution in [1.82, 2.24) is 4.90 Å². The van der Waals surface area contributed by atoms with Gasteiger partial charge in [-0.15, -0.1) is 12.4 Å². The maximum absolute atomic E-state index is 12.3. The number of hydrogen-bond donors (Lipinski definition) is 1. The molecule has 0 aromatic carbocycles. The van der Waals surface area contributed by atoms with Crippen molar-refractivity contribution in [3.8, 4) is 0 Å². The van der Waals surface area contributed by atoms with Crippen LogP contribution in [-0.2, 0) is 14.6 Å². The molecule has 20 heavy (non-hydrogen) atoms. The number of hydrogen-bond acceptors (Lipinski definition) is 4. The van der Waals surface area contributed by atoms with Gasteiger partial charge in [0.15, 0.2) is 0 Å². The highest BCUT2D eigenvalue weighted by molar-refractivity contribution is 7.90. The van der Waals surface area contributed by atoms with Gasteiger partial charge in [0.25, 0.3) is 0 Å². The van der Waals surface area contributed by atoms with Gasteiger partial charge in [0.1, 0.15) is 9.84 Å². The second kappa shape index (κ2) is 8.20. The van der Waals surface area contributed by atoms with Crippen LogP contribution in [0, 0.1) is 5.92 Å². The predicted octanol–water partition coefficient (Wildman–Crippen LogP) is 1.21. The molecular formula is C13H27ClN2O3S. The third-order valence-corrected chi connectivity index (χ3v) is 4.98. The van der Waals surface area contributed by atoms with Crippen LogP contribution in [-0.4, -0.2) is 49.9 Å². The average Bonchev–Trinajstić information content (AvgIpc) is 2.62. The predicted molar refractivity (Wildman–Crippen MR) is 83.7 cm³/mol. The fourth-order valence-corrected chi connectivity index (χ4v) is 3.98. The number of nitrogens with two attached hydrogens (primary N) is 1. The molecule has 0 aromatic heterocycles. The van der Waals surface area contributed by atoms with Gasteiger partial charge in [0, 0.05) is 31.3 Å². The molecule has 1 rings (SSSR count). The molecule has 0 saturated heterocycles. The minimum absolute atomic E-state index is 0. The summed E-state index contributed by atoms with van der Waals surface area (Å²) in [6.45, 7) is 4.21. The third-order valence-electron chi connectivity index (χ3n) is 3.89. The quantitative estimate of drug-likeness (QED) is 0.795. The summed E-state index contributed by atoms with van der Waals surface area (Å²) < 4.78 is 22.6. The third kappa shape index (κ3) is 5.97. The Bertz CT molecular complexity index is 414. The fourth-order valence-electron chi connectivity index (χ4n) is 2.92. The molecule has 1 fully saturated rings. The SMILES string of the molecule is CCN(C(=O)C[C@@H]1CCC[C@H]1N)C(C)CS(C)(=O)=O.Cl. The van der Waals surface area contributed by atoms with Gasteiger partial charge in [-0.3, -0.25) is 4.79 Å². The Hall–Kier alpha value is -0.330. The van der Waals surface area contributed by atoms with Gasteiger partial charge in [0.05, 0.1) is 5.75 Å². The van der Waals surface area contributed by atoms with Crippen molar-refractivity contribution in [3.63, 3.8) is 0 Å². The Balaban J connectivity index is 0.00000361. The largest absolute Gasteiger partial charge is 0.339 e. The van der Waals surface area contributed by atoms with E-state index in [2.05, 4.69) is 0 Å². The van der Waals surface area contributed by atoms with E-state index in [1.54, 1.807) is 11.8 Å². The number of carbonyl (C=O) groups excluding carboxylic acids is 1. The van der Waals surface area contributed by atoms with Crippen LogP contribution in [0.25, 0.3) is 0 Å². The van der Waals surface area contributed by atoms with E-state index in [1.165, 1.54) is 6.26 Å². The number of halogens is 1. The molecule has 1 saturated carbocycles. The summed E-state index contributed by atoms with van der Waals surface area (Å²) in [5.41, 5.74) is 5.98. The number of sulfone groups is 1. The first-order valence-corrected chi connectivity index (χ1v) is 9.03. The smallest absolute Gasteiger partial charge is 0.223 e. The monoisotopic (exact) mass is 326 g/mol. The molecular weight excluding hydrogens is 300 g/mol. The molecule has 1 aliphatic rings. The first kappa shape index (κ1) is 19.7. The first-order valence-electron chi connectivity index (χ1n) is 6.97. The van der Waals surface area contributed by atoms with Crippen LogP contribution in [0.4, 0.5) is 0 Å². The van der Waals surface area contributed by atoms with Gasteiger partial charge < -0.3 is 10.6 Å². The zero-order valence-corrected chi connectivity index (χ0v) is 14.2. The van der Waals surface area contributed by atoms with Gasteiger partial charge in [-0.2, -0.15) is 0 Å². The summed E-state index contributed by atoms with van der Waals surface area (Å²) in [7, 11) is -3.07. The molecule has 1 aliphatic carbocycles. The van der Waals surface area contributed by atoms with E-state index in [-0.39, 0.29) is 42.1 Å². The van der Waals surface area contributed by atoms with Crippen LogP contribution in [0.5, 0.6) is 0 Å². The summed E-state index contributed by atoms with van der Waals surface area (Å²) in [5, 5.41) is 0. The van der Waals surface area contributed by atoms with Gasteiger partial charge in [-0.1, -0.05) is 6.42 Å². The maximum Gasteiger partial charge on any atom is 0.223 e. The van der Waals surface area contributed by atoms with Gasteiger partial charge in [-0.05, 0) is 32.6 Å². The maximum atomic E-state index is 12.3. The van der Waals surface area contributed by atoms with Crippen molar-refractivity contribution in [2.45, 2.75) is 51.6 Å². The second-order valence-electron chi connectivity index (χ2n) is 5.68. The average molecular weight is 327 g/mol. The number of amides is 1. The van der Waals surface area contributed by atoms with E-state index in [0.717, 1.165) is 19.3 Å². The Morgan fingerprint density at radius 2 is 2.00 bits per heavy atom. The van der Waals surface area contributed by atoms with Crippen molar-refractivity contribution in [2.75, 3.05) is 18.6 Å². The lowest BCUT2D eigenvalue weighted by molar-refractivity contribution is -0.133. The van der Waals surface area contributed by atoms with Crippen LogP contribution < -0.4 is 5.73 Å². The summed E-state index contributed by atoms with van der Waals surface area (Å²) >= 11 is 0. The summed E-state index contributed by atoms with van der Waals surface area (Å²) in [4.78, 5) is 13.9. The highest BCUT2D eigenvalue weighted by Crippen LogP contribution is 2.27. The molecule has 0 radical (unpaired) electrons. The van der Waals surface area contributed by atoms with E-state index in [4.69, 9.17) is 5.73 Å². The zero-order valence-electron chi connectivity index (χ0n) is 12.5. The Labute approximate surface area is 128 Å². The molecule has 3 atom stereocenters. The van der Waals surface area contributed by atoms with Crippen molar-refractivity contribution in [3.05, 3.63) is 0 Å². The number of nitrogens with zero attached hydrogens (tertiary/aromatic N) is 1. The van der Waals surface area contributed by atoms with E-state index < -0.39 is 9.84 Å². The summed E-state index contributed by atoms with van der Waals surface area (Å²) in [6, 6.07) is -0.155. The highest BCUT2D eigenvalue weighted by atomic mass is 35.5. The molecule has 1 unspecified atom stereocenters. The Morgan fingerprint density at radius 1 is 1.40 bits per heavy atom. The summed E-state index contributed by atoms with van der Waals surface area (Å²) in [6.07, 6.45) is 4.73. The van der Waals surface area contributed by atoms with Crippen LogP contribution in [0.3, 0.4) is 0 Å². The van der Waals surface area contributed by atoms with Crippen LogP contribution in [0.15, 0.2) is 0 Å². The van der Waals surface area contributed by atoms with E-state index in [1.807, 2.05) is 6.92 Å². The molecule has 120 valence electrons. The van der Waals surface area contributed by atoms with Crippen molar-refractivity contribution >= 4 is 28.2 Å². The first-order chi connectivity index (χ1) is 8.74. The van der Waals surface area contributed by atoms with Crippen LogP contribution >= 0.6 is 12.4 Å². The normalized spacial score (nSPS) is 24.0. The zero-order chi connectivity index (χ0) is 14.6. The van der Waals surface area contributed by atoms with E-state index in [9.17, 15) is 13.2 Å². The molecule has 0 aliphatic heterocycles. The van der Waals surface area contributed by atoms with Crippen molar-refractivity contribution < 1.29 is 13.2 Å². The molecule has 7 heteroatoms. The highest BCUT2D eigenvalue weighted by Gasteiger charge is 2.29. The molecule has 2 N–H and O–H groups in total. The van der Waals surface area contributed by atoms with Crippen molar-refractivity contribution in [1.29, 1.82) is 0 Å². The topological polar surface area (TPSA) is 80.5 Å². The minimum atomic E-state index is -3.07. The Kier molecular flexibility index (Phi) is 8.06. The van der Waals surface area contributed by atoms with Crippen LogP contribution in [0.1, 0.15) is 39.5 Å². The number of rotatable bonds is 6. The molecule has 5 nitrogen and oxygen atoms in total. The molecule has 0 aromatic rings. The molecule has 1 amide bonds. The minimum Gasteiger partial charge on any atom is -0.339 e. The number of carbonyl (C=O) groups is 1. The molecule has 0 heterocycles. The van der Waals surface area contributed by atoms with Crippen molar-refractivity contribution in [2.24, 2.45) is 11.7 Å². The lowest BCUT2D eigenvalue weighted by atomic mass is 9.99. The van der Waals surface area contributed by atoms with Gasteiger partial charge >= 0.3 is 0 Å². The standard InChI is InChI=1S/C13H26N2O3S.ClH/c1-4-15(10(2)9-19(3,17)18)13(16)8-11-6-5-7-12(11)14;/h10-12H,4-9,14H2,1-3H3;1H/t10?,11-,12+;/m0./s1. The lowest BCUT2D eigenvalue weighted by Crippen LogP contribution is -2.43. The van der Waals surface area contributed by atoms with Gasteiger partial charge in [-0.25, -0.2) is 8.42 Å². The fraction of sp³-hybridized carbons (Fsp3) is 0.923. The summed E-state index contributed by atoms with van der Waals surface area (Å²) in [5.74, 6) is 0.302. The second-order valence-corrected chi connectivity index (χ2v) is 7.86. The van der Waals surface area contributed by atoms with E-state index in [0.29, 0.717) is 13.0 Å². The van der Waals surface area contributed by atoms with E-state index >= 15 is 0 Å².